The molecule has 1 saturated heterocycles. The highest BCUT2D eigenvalue weighted by Gasteiger charge is 2.21. The van der Waals surface area contributed by atoms with Gasteiger partial charge in [-0.3, -0.25) is 9.36 Å². The van der Waals surface area contributed by atoms with Gasteiger partial charge in [-0.2, -0.15) is 5.10 Å². The third-order valence-electron chi connectivity index (χ3n) is 6.17. The first-order chi connectivity index (χ1) is 16.4. The van der Waals surface area contributed by atoms with Crippen LogP contribution in [-0.2, 0) is 24.8 Å². The number of rotatable bonds is 5. The molecule has 10 heteroatoms. The Hall–Kier alpha value is -3.27. The van der Waals surface area contributed by atoms with Crippen LogP contribution in [0, 0.1) is 6.92 Å². The van der Waals surface area contributed by atoms with Crippen molar-refractivity contribution in [1.82, 2.24) is 29.0 Å². The van der Waals surface area contributed by atoms with Crippen molar-refractivity contribution in [3.05, 3.63) is 85.5 Å². The van der Waals surface area contributed by atoms with Crippen molar-refractivity contribution in [2.75, 3.05) is 19.7 Å². The summed E-state index contributed by atoms with van der Waals surface area (Å²) in [5.74, 6) is 0. The molecule has 4 heterocycles. The van der Waals surface area contributed by atoms with Crippen molar-refractivity contribution in [2.24, 2.45) is 7.05 Å². The quantitative estimate of drug-likeness (QED) is 0.468. The highest BCUT2D eigenvalue weighted by atomic mass is 35.5. The predicted molar refractivity (Wildman–Crippen MR) is 130 cm³/mol. The molecule has 1 aromatic carbocycles. The molecule has 9 nitrogen and oxygen atoms in total. The van der Waals surface area contributed by atoms with Crippen LogP contribution in [0.4, 0.5) is 0 Å². The Bertz CT molecular complexity index is 1480. The van der Waals surface area contributed by atoms with Gasteiger partial charge in [0, 0.05) is 55.6 Å². The van der Waals surface area contributed by atoms with Crippen molar-refractivity contribution in [2.45, 2.75) is 26.0 Å². The number of aryl methyl sites for hydroxylation is 2. The summed E-state index contributed by atoms with van der Waals surface area (Å²) in [7, 11) is 1.62. The molecule has 0 amide bonds. The van der Waals surface area contributed by atoms with Crippen LogP contribution in [0.2, 0.25) is 5.02 Å². The summed E-state index contributed by atoms with van der Waals surface area (Å²) >= 11 is 6.46. The van der Waals surface area contributed by atoms with E-state index < -0.39 is 0 Å². The molecule has 3 aromatic heterocycles. The second-order valence-corrected chi connectivity index (χ2v) is 9.01. The first-order valence-corrected chi connectivity index (χ1v) is 11.5. The summed E-state index contributed by atoms with van der Waals surface area (Å²) in [5.41, 5.74) is 4.66. The summed E-state index contributed by atoms with van der Waals surface area (Å²) in [4.78, 5) is 29.4. The van der Waals surface area contributed by atoms with E-state index in [0.29, 0.717) is 11.6 Å². The van der Waals surface area contributed by atoms with Gasteiger partial charge in [-0.05, 0) is 41.8 Å². The van der Waals surface area contributed by atoms with Crippen LogP contribution in [-0.4, -0.2) is 49.5 Å². The van der Waals surface area contributed by atoms with Gasteiger partial charge in [-0.1, -0.05) is 11.6 Å². The lowest BCUT2D eigenvalue weighted by molar-refractivity contribution is 0.0292. The number of halogens is 1. The van der Waals surface area contributed by atoms with Crippen molar-refractivity contribution in [1.29, 1.82) is 0 Å². The van der Waals surface area contributed by atoms with Gasteiger partial charge in [0.15, 0.2) is 0 Å². The number of ether oxygens (including phenoxy) is 1. The van der Waals surface area contributed by atoms with Gasteiger partial charge >= 0.3 is 5.69 Å². The van der Waals surface area contributed by atoms with Crippen LogP contribution in [0.15, 0.2) is 52.6 Å². The molecule has 1 N–H and O–H groups in total. The zero-order valence-corrected chi connectivity index (χ0v) is 19.7. The topological polar surface area (TPSA) is 95.5 Å². The summed E-state index contributed by atoms with van der Waals surface area (Å²) in [6, 6.07) is 7.17. The van der Waals surface area contributed by atoms with Crippen LogP contribution in [0.5, 0.6) is 0 Å². The fraction of sp³-hybridized carbons (Fsp3) is 0.333. The van der Waals surface area contributed by atoms with E-state index in [2.05, 4.69) is 15.4 Å². The number of aromatic nitrogens is 5. The molecule has 1 fully saturated rings. The first kappa shape index (κ1) is 22.5. The van der Waals surface area contributed by atoms with Crippen LogP contribution in [0.1, 0.15) is 16.7 Å². The standard InChI is InChI=1S/C24H25ClN6O3/c1-15-7-17(25)9-20(19(15)10-18-11-26-4-6-34-18)23-21-8-16(13-31(21)28-14-27-23)12-30-22(32)3-5-29(2)24(30)33/h3,5,7-9,13-14,18,26H,4,6,10-12H2,1-2H3. The number of nitrogens with zero attached hydrogens (tertiary/aromatic N) is 5. The highest BCUT2D eigenvalue weighted by molar-refractivity contribution is 6.31. The number of hydrogen-bond acceptors (Lipinski definition) is 6. The molecule has 5 rings (SSSR count). The minimum atomic E-state index is -0.372. The van der Waals surface area contributed by atoms with Crippen LogP contribution >= 0.6 is 11.6 Å². The van der Waals surface area contributed by atoms with E-state index in [0.717, 1.165) is 53.0 Å². The van der Waals surface area contributed by atoms with Gasteiger partial charge < -0.3 is 14.6 Å². The van der Waals surface area contributed by atoms with Gasteiger partial charge in [-0.15, -0.1) is 0 Å². The second-order valence-electron chi connectivity index (χ2n) is 8.57. The van der Waals surface area contributed by atoms with Gasteiger partial charge in [-0.25, -0.2) is 14.3 Å². The Morgan fingerprint density at radius 1 is 1.26 bits per heavy atom. The molecule has 1 unspecified atom stereocenters. The molecule has 0 saturated carbocycles. The largest absolute Gasteiger partial charge is 0.375 e. The van der Waals surface area contributed by atoms with E-state index in [9.17, 15) is 9.59 Å². The average Bonchev–Trinajstić information content (AvgIpc) is 3.24. The zero-order valence-electron chi connectivity index (χ0n) is 19.0. The van der Waals surface area contributed by atoms with E-state index in [1.165, 1.54) is 27.7 Å². The maximum Gasteiger partial charge on any atom is 0.331 e. The molecule has 176 valence electrons. The van der Waals surface area contributed by atoms with Crippen molar-refractivity contribution < 1.29 is 4.74 Å². The summed E-state index contributed by atoms with van der Waals surface area (Å²) in [6.45, 7) is 4.51. The van der Waals surface area contributed by atoms with Crippen LogP contribution in [0.3, 0.4) is 0 Å². The summed E-state index contributed by atoms with van der Waals surface area (Å²) in [6.07, 6.45) is 5.57. The van der Waals surface area contributed by atoms with Crippen LogP contribution in [0.25, 0.3) is 16.8 Å². The Labute approximate surface area is 200 Å². The Balaban J connectivity index is 1.59. The smallest absolute Gasteiger partial charge is 0.331 e. The Kier molecular flexibility index (Phi) is 6.07. The van der Waals surface area contributed by atoms with E-state index in [4.69, 9.17) is 16.3 Å². The summed E-state index contributed by atoms with van der Waals surface area (Å²) < 4.78 is 10.2. The molecule has 1 aliphatic heterocycles. The normalized spacial score (nSPS) is 16.3. The van der Waals surface area contributed by atoms with Gasteiger partial charge in [0.05, 0.1) is 30.5 Å². The van der Waals surface area contributed by atoms with Crippen molar-refractivity contribution in [3.8, 4) is 11.3 Å². The fourth-order valence-electron chi connectivity index (χ4n) is 4.45. The number of hydrogen-bond donors (Lipinski definition) is 1. The summed E-state index contributed by atoms with van der Waals surface area (Å²) in [5, 5.41) is 8.35. The first-order valence-electron chi connectivity index (χ1n) is 11.1. The molecule has 34 heavy (non-hydrogen) atoms. The van der Waals surface area contributed by atoms with E-state index >= 15 is 0 Å². The number of fused-ring (bicyclic) bond motifs is 1. The third kappa shape index (κ3) is 4.29. The molecule has 0 bridgehead atoms. The molecular formula is C24H25ClN6O3. The Morgan fingerprint density at radius 2 is 2.12 bits per heavy atom. The van der Waals surface area contributed by atoms with Crippen molar-refractivity contribution >= 4 is 17.1 Å². The SMILES string of the molecule is Cc1cc(Cl)cc(-c2ncnn3cc(Cn4c(=O)ccn(C)c4=O)cc23)c1CC1CNCCO1. The molecular weight excluding hydrogens is 456 g/mol. The monoisotopic (exact) mass is 480 g/mol. The minimum absolute atomic E-state index is 0.0637. The zero-order chi connectivity index (χ0) is 23.8. The molecule has 1 aliphatic rings. The van der Waals surface area contributed by atoms with Crippen LogP contribution < -0.4 is 16.6 Å². The lowest BCUT2D eigenvalue weighted by Crippen LogP contribution is -2.39. The molecule has 0 radical (unpaired) electrons. The van der Waals surface area contributed by atoms with E-state index in [-0.39, 0.29) is 23.9 Å². The lowest BCUT2D eigenvalue weighted by Gasteiger charge is -2.25. The second kappa shape index (κ2) is 9.17. The fourth-order valence-corrected chi connectivity index (χ4v) is 4.73. The molecule has 0 spiro atoms. The van der Waals surface area contributed by atoms with Gasteiger partial charge in [0.1, 0.15) is 6.33 Å². The van der Waals surface area contributed by atoms with Gasteiger partial charge in [0.25, 0.3) is 5.56 Å². The van der Waals surface area contributed by atoms with E-state index in [1.54, 1.807) is 11.6 Å². The van der Waals surface area contributed by atoms with E-state index in [1.807, 2.05) is 31.3 Å². The maximum absolute atomic E-state index is 12.5. The Morgan fingerprint density at radius 3 is 2.91 bits per heavy atom. The lowest BCUT2D eigenvalue weighted by atomic mass is 9.94. The third-order valence-corrected chi connectivity index (χ3v) is 6.39. The predicted octanol–water partition coefficient (Wildman–Crippen LogP) is 1.80. The molecule has 1 atom stereocenters. The molecule has 0 aliphatic carbocycles. The minimum Gasteiger partial charge on any atom is -0.375 e. The number of nitrogens with one attached hydrogen (secondary N) is 1. The number of benzene rings is 1. The number of morpholine rings is 1. The highest BCUT2D eigenvalue weighted by Crippen LogP contribution is 2.33. The molecule has 4 aromatic rings. The van der Waals surface area contributed by atoms with Crippen molar-refractivity contribution in [3.63, 3.8) is 0 Å². The average molecular weight is 481 g/mol. The van der Waals surface area contributed by atoms with Gasteiger partial charge in [0.2, 0.25) is 0 Å². The maximum atomic E-state index is 12.5.